The fourth-order valence-electron chi connectivity index (χ4n) is 2.12. The molecule has 0 aliphatic rings. The Hall–Kier alpha value is -2.40. The summed E-state index contributed by atoms with van der Waals surface area (Å²) in [5, 5.41) is 0. The van der Waals surface area contributed by atoms with E-state index in [4.69, 9.17) is 23.7 Å². The molecule has 0 spiro atoms. The summed E-state index contributed by atoms with van der Waals surface area (Å²) in [5.41, 5.74) is 0. The lowest BCUT2D eigenvalue weighted by Gasteiger charge is -2.22. The van der Waals surface area contributed by atoms with Gasteiger partial charge in [0.25, 0.3) is 0 Å². The number of para-hydroxylation sites is 4. The molecular weight excluding hydrogens is 296 g/mol. The second-order valence-electron chi connectivity index (χ2n) is 4.81. The molecule has 5 nitrogen and oxygen atoms in total. The van der Waals surface area contributed by atoms with E-state index in [1.165, 1.54) is 0 Å². The van der Waals surface area contributed by atoms with E-state index < -0.39 is 12.6 Å². The van der Waals surface area contributed by atoms with Gasteiger partial charge in [-0.1, -0.05) is 24.3 Å². The summed E-state index contributed by atoms with van der Waals surface area (Å²) in [6, 6.07) is 14.8. The highest BCUT2D eigenvalue weighted by atomic mass is 16.8. The van der Waals surface area contributed by atoms with Crippen molar-refractivity contribution in [3.05, 3.63) is 48.5 Å². The molecular formula is C18H22O5. The van der Waals surface area contributed by atoms with E-state index in [-0.39, 0.29) is 0 Å². The standard InChI is InChI=1S/C18H22O5/c1-13(22-17-11-7-5-9-15(17)19-3)21-14(2)23-18-12-8-6-10-16(18)20-4/h5-14H,1-4H3. The van der Waals surface area contributed by atoms with Crippen LogP contribution in [0.5, 0.6) is 23.0 Å². The predicted molar refractivity (Wildman–Crippen MR) is 87.3 cm³/mol. The summed E-state index contributed by atoms with van der Waals surface area (Å²) < 4.78 is 27.7. The molecule has 0 bridgehead atoms. The van der Waals surface area contributed by atoms with Crippen molar-refractivity contribution in [2.45, 2.75) is 26.4 Å². The van der Waals surface area contributed by atoms with E-state index in [1.54, 1.807) is 28.1 Å². The lowest BCUT2D eigenvalue weighted by molar-refractivity contribution is -0.168. The first-order chi connectivity index (χ1) is 11.1. The SMILES string of the molecule is COc1ccccc1OC(C)OC(C)Oc1ccccc1OC. The average molecular weight is 318 g/mol. The van der Waals surface area contributed by atoms with Crippen LogP contribution >= 0.6 is 0 Å². The van der Waals surface area contributed by atoms with Crippen molar-refractivity contribution in [2.24, 2.45) is 0 Å². The minimum Gasteiger partial charge on any atom is -0.493 e. The first-order valence-electron chi connectivity index (χ1n) is 7.39. The van der Waals surface area contributed by atoms with Crippen molar-refractivity contribution < 1.29 is 23.7 Å². The maximum absolute atomic E-state index is 5.74. The van der Waals surface area contributed by atoms with Crippen LogP contribution in [0, 0.1) is 0 Å². The summed E-state index contributed by atoms with van der Waals surface area (Å²) in [6.07, 6.45) is -1.01. The molecule has 2 aromatic carbocycles. The molecule has 23 heavy (non-hydrogen) atoms. The lowest BCUT2D eigenvalue weighted by Crippen LogP contribution is -2.26. The molecule has 0 fully saturated rings. The number of hydrogen-bond acceptors (Lipinski definition) is 5. The van der Waals surface area contributed by atoms with Crippen LogP contribution in [0.2, 0.25) is 0 Å². The molecule has 2 unspecified atom stereocenters. The normalized spacial score (nSPS) is 13.0. The van der Waals surface area contributed by atoms with E-state index in [0.717, 1.165) is 0 Å². The van der Waals surface area contributed by atoms with Crippen LogP contribution in [0.3, 0.4) is 0 Å². The molecule has 0 heterocycles. The van der Waals surface area contributed by atoms with Crippen LogP contribution in [0.4, 0.5) is 0 Å². The van der Waals surface area contributed by atoms with Gasteiger partial charge < -0.3 is 23.7 Å². The van der Waals surface area contributed by atoms with Crippen LogP contribution in [0.25, 0.3) is 0 Å². The quantitative estimate of drug-likeness (QED) is 0.691. The summed E-state index contributed by atoms with van der Waals surface area (Å²) in [6.45, 7) is 3.60. The van der Waals surface area contributed by atoms with Crippen molar-refractivity contribution in [1.29, 1.82) is 0 Å². The van der Waals surface area contributed by atoms with Crippen LogP contribution in [-0.2, 0) is 4.74 Å². The van der Waals surface area contributed by atoms with E-state index in [0.29, 0.717) is 23.0 Å². The van der Waals surface area contributed by atoms with Crippen LogP contribution < -0.4 is 18.9 Å². The monoisotopic (exact) mass is 318 g/mol. The third-order valence-corrected chi connectivity index (χ3v) is 3.11. The largest absolute Gasteiger partial charge is 0.493 e. The summed E-state index contributed by atoms with van der Waals surface area (Å²) >= 11 is 0. The van der Waals surface area contributed by atoms with Crippen LogP contribution in [0.1, 0.15) is 13.8 Å². The number of benzene rings is 2. The topological polar surface area (TPSA) is 46.2 Å². The number of hydrogen-bond donors (Lipinski definition) is 0. The molecule has 124 valence electrons. The molecule has 0 N–H and O–H groups in total. The van der Waals surface area contributed by atoms with Gasteiger partial charge in [-0.25, -0.2) is 0 Å². The van der Waals surface area contributed by atoms with Gasteiger partial charge in [0.2, 0.25) is 12.6 Å². The number of ether oxygens (including phenoxy) is 5. The minimum absolute atomic E-state index is 0.504. The zero-order valence-corrected chi connectivity index (χ0v) is 13.8. The smallest absolute Gasteiger partial charge is 0.201 e. The molecule has 2 rings (SSSR count). The Morgan fingerprint density at radius 2 is 0.957 bits per heavy atom. The molecule has 2 aromatic rings. The van der Waals surface area contributed by atoms with Crippen LogP contribution in [-0.4, -0.2) is 26.8 Å². The Morgan fingerprint density at radius 3 is 1.30 bits per heavy atom. The second-order valence-corrected chi connectivity index (χ2v) is 4.81. The van der Waals surface area contributed by atoms with E-state index in [9.17, 15) is 0 Å². The molecule has 2 atom stereocenters. The summed E-state index contributed by atoms with van der Waals surface area (Å²) in [4.78, 5) is 0. The number of rotatable bonds is 8. The molecule has 0 radical (unpaired) electrons. The third-order valence-electron chi connectivity index (χ3n) is 3.11. The molecule has 0 saturated heterocycles. The Kier molecular flexibility index (Phi) is 6.11. The first-order valence-corrected chi connectivity index (χ1v) is 7.39. The van der Waals surface area contributed by atoms with Crippen molar-refractivity contribution in [3.8, 4) is 23.0 Å². The van der Waals surface area contributed by atoms with Gasteiger partial charge in [-0.15, -0.1) is 0 Å². The molecule has 0 saturated carbocycles. The minimum atomic E-state index is -0.504. The predicted octanol–water partition coefficient (Wildman–Crippen LogP) is 3.87. The third kappa shape index (κ3) is 4.79. The van der Waals surface area contributed by atoms with Crippen molar-refractivity contribution in [3.63, 3.8) is 0 Å². The van der Waals surface area contributed by atoms with Gasteiger partial charge in [-0.3, -0.25) is 0 Å². The molecule has 0 aliphatic carbocycles. The maximum Gasteiger partial charge on any atom is 0.201 e. The first kappa shape index (κ1) is 17.0. The van der Waals surface area contributed by atoms with Gasteiger partial charge >= 0.3 is 0 Å². The Bertz CT molecular complexity index is 560. The lowest BCUT2D eigenvalue weighted by atomic mass is 10.3. The van der Waals surface area contributed by atoms with Gasteiger partial charge in [-0.2, -0.15) is 0 Å². The summed E-state index contributed by atoms with van der Waals surface area (Å²) in [7, 11) is 3.20. The maximum atomic E-state index is 5.74. The average Bonchev–Trinajstić information content (AvgIpc) is 2.55. The van der Waals surface area contributed by atoms with Crippen molar-refractivity contribution >= 4 is 0 Å². The van der Waals surface area contributed by atoms with Gasteiger partial charge in [0.15, 0.2) is 23.0 Å². The van der Waals surface area contributed by atoms with Crippen molar-refractivity contribution in [1.82, 2.24) is 0 Å². The highest BCUT2D eigenvalue weighted by Gasteiger charge is 2.15. The van der Waals surface area contributed by atoms with Gasteiger partial charge in [-0.05, 0) is 38.1 Å². The molecule has 0 aromatic heterocycles. The van der Waals surface area contributed by atoms with E-state index in [1.807, 2.05) is 48.5 Å². The fourth-order valence-corrected chi connectivity index (χ4v) is 2.12. The Labute approximate surface area is 136 Å². The van der Waals surface area contributed by atoms with Gasteiger partial charge in [0.05, 0.1) is 14.2 Å². The van der Waals surface area contributed by atoms with E-state index >= 15 is 0 Å². The van der Waals surface area contributed by atoms with E-state index in [2.05, 4.69) is 0 Å². The zero-order valence-electron chi connectivity index (χ0n) is 13.8. The number of methoxy groups -OCH3 is 2. The van der Waals surface area contributed by atoms with Crippen molar-refractivity contribution in [2.75, 3.05) is 14.2 Å². The fraction of sp³-hybridized carbons (Fsp3) is 0.333. The van der Waals surface area contributed by atoms with Gasteiger partial charge in [0.1, 0.15) is 0 Å². The molecule has 0 amide bonds. The summed E-state index contributed by atoms with van der Waals surface area (Å²) in [5.74, 6) is 2.54. The highest BCUT2D eigenvalue weighted by molar-refractivity contribution is 5.40. The molecule has 0 aliphatic heterocycles. The Balaban J connectivity index is 1.93. The second kappa shape index (κ2) is 8.29. The highest BCUT2D eigenvalue weighted by Crippen LogP contribution is 2.29. The Morgan fingerprint density at radius 1 is 0.609 bits per heavy atom. The zero-order chi connectivity index (χ0) is 16.7. The van der Waals surface area contributed by atoms with Gasteiger partial charge in [0, 0.05) is 0 Å². The molecule has 5 heteroatoms. The van der Waals surface area contributed by atoms with Crippen LogP contribution in [0.15, 0.2) is 48.5 Å².